The standard InChI is InChI=1S/C16H32N4S.HI/c1-4-15-13-20(10-11-21-15)16(17-3)18-7-9-19-8-5-6-14(2)12-19;/h14-15H,4-13H2,1-3H3,(H,17,18);1H. The fourth-order valence-electron chi connectivity index (χ4n) is 3.31. The summed E-state index contributed by atoms with van der Waals surface area (Å²) in [6, 6.07) is 0. The molecule has 4 nitrogen and oxygen atoms in total. The van der Waals surface area contributed by atoms with E-state index >= 15 is 0 Å². The maximum absolute atomic E-state index is 4.48. The molecule has 2 heterocycles. The minimum atomic E-state index is 0. The van der Waals surface area contributed by atoms with Gasteiger partial charge in [-0.15, -0.1) is 24.0 Å². The molecule has 0 radical (unpaired) electrons. The van der Waals surface area contributed by atoms with E-state index in [9.17, 15) is 0 Å². The molecule has 2 fully saturated rings. The lowest BCUT2D eigenvalue weighted by Gasteiger charge is -2.35. The number of hydrogen-bond donors (Lipinski definition) is 1. The first-order valence-corrected chi connectivity index (χ1v) is 9.57. The van der Waals surface area contributed by atoms with Gasteiger partial charge >= 0.3 is 0 Å². The molecule has 2 aliphatic rings. The Morgan fingerprint density at radius 1 is 1.32 bits per heavy atom. The quantitative estimate of drug-likeness (QED) is 0.414. The van der Waals surface area contributed by atoms with Gasteiger partial charge in [-0.3, -0.25) is 4.99 Å². The summed E-state index contributed by atoms with van der Waals surface area (Å²) in [5.74, 6) is 3.18. The maximum Gasteiger partial charge on any atom is 0.193 e. The van der Waals surface area contributed by atoms with E-state index < -0.39 is 0 Å². The van der Waals surface area contributed by atoms with Crippen molar-refractivity contribution in [3.05, 3.63) is 0 Å². The molecule has 130 valence electrons. The van der Waals surface area contributed by atoms with E-state index in [4.69, 9.17) is 0 Å². The summed E-state index contributed by atoms with van der Waals surface area (Å²) in [5, 5.41) is 4.34. The average molecular weight is 440 g/mol. The van der Waals surface area contributed by atoms with Crippen LogP contribution >= 0.6 is 35.7 Å². The number of hydrogen-bond acceptors (Lipinski definition) is 3. The third-order valence-corrected chi connectivity index (χ3v) is 5.93. The van der Waals surface area contributed by atoms with Crippen LogP contribution in [0.1, 0.15) is 33.1 Å². The molecule has 0 bridgehead atoms. The monoisotopic (exact) mass is 440 g/mol. The van der Waals surface area contributed by atoms with Crippen molar-refractivity contribution in [1.29, 1.82) is 0 Å². The van der Waals surface area contributed by atoms with Crippen molar-refractivity contribution in [3.8, 4) is 0 Å². The zero-order chi connectivity index (χ0) is 15.1. The van der Waals surface area contributed by atoms with Crippen LogP contribution in [0.2, 0.25) is 0 Å². The van der Waals surface area contributed by atoms with E-state index in [1.807, 2.05) is 7.05 Å². The Morgan fingerprint density at radius 3 is 2.82 bits per heavy atom. The Balaban J connectivity index is 0.00000242. The van der Waals surface area contributed by atoms with Gasteiger partial charge in [0.2, 0.25) is 0 Å². The first-order chi connectivity index (χ1) is 10.2. The first kappa shape index (κ1) is 20.4. The smallest absolute Gasteiger partial charge is 0.193 e. The molecule has 0 aromatic rings. The largest absolute Gasteiger partial charge is 0.355 e. The number of piperidine rings is 1. The van der Waals surface area contributed by atoms with Crippen molar-refractivity contribution in [2.45, 2.75) is 38.4 Å². The Kier molecular flexibility index (Phi) is 10.1. The van der Waals surface area contributed by atoms with E-state index in [1.165, 1.54) is 38.1 Å². The zero-order valence-corrected chi connectivity index (χ0v) is 17.5. The fraction of sp³-hybridized carbons (Fsp3) is 0.938. The van der Waals surface area contributed by atoms with Gasteiger partial charge < -0.3 is 15.1 Å². The lowest BCUT2D eigenvalue weighted by molar-refractivity contribution is 0.186. The number of nitrogens with one attached hydrogen (secondary N) is 1. The summed E-state index contributed by atoms with van der Waals surface area (Å²) >= 11 is 2.11. The van der Waals surface area contributed by atoms with Crippen molar-refractivity contribution < 1.29 is 0 Å². The third-order valence-electron chi connectivity index (χ3n) is 4.56. The molecule has 0 aromatic carbocycles. The highest BCUT2D eigenvalue weighted by atomic mass is 127. The Hall–Kier alpha value is 0.310. The predicted molar refractivity (Wildman–Crippen MR) is 110 cm³/mol. The van der Waals surface area contributed by atoms with Crippen molar-refractivity contribution in [2.24, 2.45) is 10.9 Å². The number of rotatable bonds is 4. The second kappa shape index (κ2) is 11.0. The van der Waals surface area contributed by atoms with Crippen LogP contribution in [0.25, 0.3) is 0 Å². The number of likely N-dealkylation sites (tertiary alicyclic amines) is 1. The van der Waals surface area contributed by atoms with E-state index in [0.717, 1.165) is 43.3 Å². The number of thioether (sulfide) groups is 1. The van der Waals surface area contributed by atoms with Gasteiger partial charge in [-0.25, -0.2) is 0 Å². The minimum Gasteiger partial charge on any atom is -0.355 e. The SMILES string of the molecule is CCC1CN(C(=NC)NCCN2CCCC(C)C2)CCS1.I. The summed E-state index contributed by atoms with van der Waals surface area (Å²) in [6.07, 6.45) is 4.01. The second-order valence-electron chi connectivity index (χ2n) is 6.37. The van der Waals surface area contributed by atoms with Crippen molar-refractivity contribution in [3.63, 3.8) is 0 Å². The van der Waals surface area contributed by atoms with Gasteiger partial charge in [-0.1, -0.05) is 13.8 Å². The summed E-state index contributed by atoms with van der Waals surface area (Å²) in [4.78, 5) is 9.51. The lowest BCUT2D eigenvalue weighted by atomic mass is 10.0. The normalized spacial score (nSPS) is 27.4. The van der Waals surface area contributed by atoms with E-state index in [2.05, 4.69) is 45.7 Å². The van der Waals surface area contributed by atoms with Gasteiger partial charge in [0.25, 0.3) is 0 Å². The third kappa shape index (κ3) is 6.43. The first-order valence-electron chi connectivity index (χ1n) is 8.52. The van der Waals surface area contributed by atoms with Gasteiger partial charge in [-0.2, -0.15) is 11.8 Å². The molecule has 2 unspecified atom stereocenters. The van der Waals surface area contributed by atoms with E-state index in [1.54, 1.807) is 0 Å². The molecule has 22 heavy (non-hydrogen) atoms. The Bertz CT molecular complexity index is 340. The zero-order valence-electron chi connectivity index (χ0n) is 14.4. The lowest BCUT2D eigenvalue weighted by Crippen LogP contribution is -2.49. The number of nitrogens with zero attached hydrogens (tertiary/aromatic N) is 3. The van der Waals surface area contributed by atoms with Crippen molar-refractivity contribution >= 4 is 41.7 Å². The van der Waals surface area contributed by atoms with Crippen molar-refractivity contribution in [1.82, 2.24) is 15.1 Å². The second-order valence-corrected chi connectivity index (χ2v) is 7.78. The molecular weight excluding hydrogens is 407 g/mol. The molecular formula is C16H33IN4S. The Labute approximate surface area is 157 Å². The number of aliphatic imine (C=N–C) groups is 1. The van der Waals surface area contributed by atoms with Crippen LogP contribution in [0.5, 0.6) is 0 Å². The van der Waals surface area contributed by atoms with Gasteiger partial charge in [0.05, 0.1) is 0 Å². The molecule has 2 aliphatic heterocycles. The van der Waals surface area contributed by atoms with Crippen LogP contribution in [0.4, 0.5) is 0 Å². The summed E-state index contributed by atoms with van der Waals surface area (Å²) < 4.78 is 0. The topological polar surface area (TPSA) is 30.9 Å². The van der Waals surface area contributed by atoms with Crippen LogP contribution < -0.4 is 5.32 Å². The average Bonchev–Trinajstić information content (AvgIpc) is 2.52. The molecule has 2 rings (SSSR count). The molecule has 0 saturated carbocycles. The number of guanidine groups is 1. The van der Waals surface area contributed by atoms with Crippen LogP contribution in [-0.4, -0.2) is 73.1 Å². The highest BCUT2D eigenvalue weighted by molar-refractivity contribution is 14.0. The summed E-state index contributed by atoms with van der Waals surface area (Å²) in [5.41, 5.74) is 0. The Morgan fingerprint density at radius 2 is 2.14 bits per heavy atom. The van der Waals surface area contributed by atoms with Crippen LogP contribution in [0, 0.1) is 5.92 Å². The van der Waals surface area contributed by atoms with E-state index in [0.29, 0.717) is 0 Å². The molecule has 0 amide bonds. The molecule has 2 saturated heterocycles. The minimum absolute atomic E-state index is 0. The van der Waals surface area contributed by atoms with Crippen LogP contribution in [0.15, 0.2) is 4.99 Å². The highest BCUT2D eigenvalue weighted by Gasteiger charge is 2.21. The van der Waals surface area contributed by atoms with Crippen LogP contribution in [-0.2, 0) is 0 Å². The van der Waals surface area contributed by atoms with Gasteiger partial charge in [-0.05, 0) is 31.7 Å². The molecule has 1 N–H and O–H groups in total. The highest BCUT2D eigenvalue weighted by Crippen LogP contribution is 2.21. The van der Waals surface area contributed by atoms with Crippen LogP contribution in [0.3, 0.4) is 0 Å². The molecule has 0 aliphatic carbocycles. The van der Waals surface area contributed by atoms with Gasteiger partial charge in [0.15, 0.2) is 5.96 Å². The van der Waals surface area contributed by atoms with Gasteiger partial charge in [0, 0.05) is 50.8 Å². The van der Waals surface area contributed by atoms with Gasteiger partial charge in [0.1, 0.15) is 0 Å². The molecule has 6 heteroatoms. The molecule has 0 aromatic heterocycles. The van der Waals surface area contributed by atoms with E-state index in [-0.39, 0.29) is 24.0 Å². The predicted octanol–water partition coefficient (Wildman–Crippen LogP) is 2.74. The molecule has 2 atom stereocenters. The summed E-state index contributed by atoms with van der Waals surface area (Å²) in [6.45, 7) is 11.6. The summed E-state index contributed by atoms with van der Waals surface area (Å²) in [7, 11) is 1.91. The number of halogens is 1. The fourth-order valence-corrected chi connectivity index (χ4v) is 4.49. The maximum atomic E-state index is 4.48. The van der Waals surface area contributed by atoms with Crippen molar-refractivity contribution in [2.75, 3.05) is 52.1 Å². The molecule has 0 spiro atoms.